The first-order chi connectivity index (χ1) is 13.2. The molecule has 0 aliphatic carbocycles. The van der Waals surface area contributed by atoms with E-state index in [1.54, 1.807) is 10.9 Å². The molecule has 0 atom stereocenters. The van der Waals surface area contributed by atoms with Gasteiger partial charge in [-0.05, 0) is 24.1 Å². The fourth-order valence-electron chi connectivity index (χ4n) is 3.00. The third-order valence-corrected chi connectivity index (χ3v) is 4.16. The summed E-state index contributed by atoms with van der Waals surface area (Å²) in [6, 6.07) is 8.44. The lowest BCUT2D eigenvalue weighted by Gasteiger charge is -2.09. The Bertz CT molecular complexity index is 1010. The summed E-state index contributed by atoms with van der Waals surface area (Å²) >= 11 is 0. The molecule has 3 heterocycles. The topological polar surface area (TPSA) is 60.0 Å². The fourth-order valence-corrected chi connectivity index (χ4v) is 3.00. The molecule has 3 aromatic heterocycles. The van der Waals surface area contributed by atoms with E-state index in [9.17, 15) is 0 Å². The maximum atomic E-state index is 4.56. The van der Waals surface area contributed by atoms with E-state index in [-0.39, 0.29) is 0 Å². The summed E-state index contributed by atoms with van der Waals surface area (Å²) in [5.74, 6) is 0.742. The average molecular weight is 362 g/mol. The second-order valence-corrected chi connectivity index (χ2v) is 6.09. The molecule has 4 aromatic rings. The molecule has 6 nitrogen and oxygen atoms in total. The average Bonchev–Trinajstić information content (AvgIpc) is 3.31. The number of nitrogens with zero attached hydrogens (tertiary/aromatic N) is 5. The van der Waals surface area contributed by atoms with Crippen LogP contribution < -0.4 is 5.32 Å². The Balaban J connectivity index is 0.00000102. The summed E-state index contributed by atoms with van der Waals surface area (Å²) in [6.45, 7) is 6.19. The number of hydrogen-bond donors (Lipinski definition) is 1. The van der Waals surface area contributed by atoms with Crippen LogP contribution >= 0.6 is 0 Å². The van der Waals surface area contributed by atoms with Crippen LogP contribution in [-0.4, -0.2) is 24.1 Å². The second kappa shape index (κ2) is 8.49. The van der Waals surface area contributed by atoms with Crippen molar-refractivity contribution < 1.29 is 0 Å². The van der Waals surface area contributed by atoms with Crippen molar-refractivity contribution in [1.29, 1.82) is 0 Å². The number of aryl methyl sites for hydroxylation is 2. The SMILES string of the molecule is CC.CCCc1cccc(Nc2nccn3c(-c4cnn(C)c4)cnc23)c1. The highest BCUT2D eigenvalue weighted by Gasteiger charge is 2.11. The van der Waals surface area contributed by atoms with Gasteiger partial charge in [-0.3, -0.25) is 9.08 Å². The number of imidazole rings is 1. The maximum absolute atomic E-state index is 4.56. The second-order valence-electron chi connectivity index (χ2n) is 6.09. The Morgan fingerprint density at radius 3 is 2.70 bits per heavy atom. The van der Waals surface area contributed by atoms with Crippen molar-refractivity contribution in [1.82, 2.24) is 24.1 Å². The van der Waals surface area contributed by atoms with Crippen LogP contribution in [0.1, 0.15) is 32.8 Å². The lowest BCUT2D eigenvalue weighted by atomic mass is 10.1. The molecule has 0 bridgehead atoms. The van der Waals surface area contributed by atoms with Gasteiger partial charge in [-0.1, -0.05) is 39.3 Å². The molecular formula is C21H26N6. The van der Waals surface area contributed by atoms with Gasteiger partial charge in [0.1, 0.15) is 0 Å². The van der Waals surface area contributed by atoms with E-state index in [2.05, 4.69) is 51.6 Å². The van der Waals surface area contributed by atoms with Crippen molar-refractivity contribution in [3.63, 3.8) is 0 Å². The van der Waals surface area contributed by atoms with Crippen LogP contribution in [0.15, 0.2) is 55.2 Å². The highest BCUT2D eigenvalue weighted by molar-refractivity contribution is 5.74. The third kappa shape index (κ3) is 4.00. The van der Waals surface area contributed by atoms with Crippen molar-refractivity contribution in [3.05, 3.63) is 60.8 Å². The van der Waals surface area contributed by atoms with E-state index in [1.807, 2.05) is 50.1 Å². The molecule has 0 saturated heterocycles. The van der Waals surface area contributed by atoms with Crippen LogP contribution in [0.3, 0.4) is 0 Å². The van der Waals surface area contributed by atoms with Gasteiger partial charge >= 0.3 is 0 Å². The molecule has 0 radical (unpaired) electrons. The Morgan fingerprint density at radius 1 is 1.11 bits per heavy atom. The van der Waals surface area contributed by atoms with Gasteiger partial charge in [0.25, 0.3) is 0 Å². The van der Waals surface area contributed by atoms with Crippen molar-refractivity contribution in [2.45, 2.75) is 33.6 Å². The fraction of sp³-hybridized carbons (Fsp3) is 0.286. The van der Waals surface area contributed by atoms with Crippen molar-refractivity contribution in [2.75, 3.05) is 5.32 Å². The van der Waals surface area contributed by atoms with E-state index in [4.69, 9.17) is 0 Å². The minimum absolute atomic E-state index is 0.742. The molecule has 1 aromatic carbocycles. The summed E-state index contributed by atoms with van der Waals surface area (Å²) in [5, 5.41) is 7.64. The van der Waals surface area contributed by atoms with E-state index >= 15 is 0 Å². The van der Waals surface area contributed by atoms with Crippen LogP contribution in [0.25, 0.3) is 16.9 Å². The van der Waals surface area contributed by atoms with Crippen LogP contribution in [0.2, 0.25) is 0 Å². The number of nitrogens with one attached hydrogen (secondary N) is 1. The number of aromatic nitrogens is 5. The van der Waals surface area contributed by atoms with Crippen LogP contribution in [-0.2, 0) is 13.5 Å². The Morgan fingerprint density at radius 2 is 1.96 bits per heavy atom. The predicted molar refractivity (Wildman–Crippen MR) is 110 cm³/mol. The molecule has 0 aliphatic rings. The quantitative estimate of drug-likeness (QED) is 0.551. The van der Waals surface area contributed by atoms with E-state index in [0.29, 0.717) is 0 Å². The highest BCUT2D eigenvalue weighted by atomic mass is 15.2. The van der Waals surface area contributed by atoms with E-state index < -0.39 is 0 Å². The smallest absolute Gasteiger partial charge is 0.180 e. The summed E-state index contributed by atoms with van der Waals surface area (Å²) < 4.78 is 3.82. The van der Waals surface area contributed by atoms with Gasteiger partial charge in [0.2, 0.25) is 0 Å². The van der Waals surface area contributed by atoms with Gasteiger partial charge in [-0.2, -0.15) is 5.10 Å². The predicted octanol–water partition coefficient (Wildman–Crippen LogP) is 4.85. The molecule has 0 unspecified atom stereocenters. The Labute approximate surface area is 159 Å². The third-order valence-electron chi connectivity index (χ3n) is 4.16. The standard InChI is InChI=1S/C19H20N6.C2H6/c1-3-5-14-6-4-7-16(10-14)23-18-19-21-12-17(25(19)9-8-20-18)15-11-22-24(2)13-15;1-2/h4,6-13H,3,5H2,1-2H3,(H,20,23);1-2H3. The number of hydrogen-bond acceptors (Lipinski definition) is 4. The van der Waals surface area contributed by atoms with Gasteiger partial charge in [0.05, 0.1) is 18.1 Å². The maximum Gasteiger partial charge on any atom is 0.180 e. The molecular weight excluding hydrogens is 336 g/mol. The summed E-state index contributed by atoms with van der Waals surface area (Å²) in [4.78, 5) is 9.03. The molecule has 1 N–H and O–H groups in total. The zero-order valence-electron chi connectivity index (χ0n) is 16.3. The first kappa shape index (κ1) is 18.6. The zero-order chi connectivity index (χ0) is 19.2. The van der Waals surface area contributed by atoms with Crippen LogP contribution in [0.4, 0.5) is 11.5 Å². The molecule has 4 rings (SSSR count). The lowest BCUT2D eigenvalue weighted by Crippen LogP contribution is -1.99. The lowest BCUT2D eigenvalue weighted by molar-refractivity contribution is 0.768. The molecule has 0 fully saturated rings. The van der Waals surface area contributed by atoms with Gasteiger partial charge in [0, 0.05) is 36.9 Å². The first-order valence-electron chi connectivity index (χ1n) is 9.41. The van der Waals surface area contributed by atoms with Gasteiger partial charge in [-0.15, -0.1) is 0 Å². The summed E-state index contributed by atoms with van der Waals surface area (Å²) in [5.41, 5.74) is 5.16. The minimum Gasteiger partial charge on any atom is -0.337 e. The molecule has 0 aliphatic heterocycles. The zero-order valence-corrected chi connectivity index (χ0v) is 16.3. The Kier molecular flexibility index (Phi) is 5.86. The monoisotopic (exact) mass is 362 g/mol. The normalized spacial score (nSPS) is 10.5. The summed E-state index contributed by atoms with van der Waals surface area (Å²) in [7, 11) is 1.91. The van der Waals surface area contributed by atoms with Gasteiger partial charge < -0.3 is 5.32 Å². The summed E-state index contributed by atoms with van der Waals surface area (Å²) in [6.07, 6.45) is 11.6. The number of rotatable bonds is 5. The Hall–Kier alpha value is -3.15. The number of anilines is 2. The highest BCUT2D eigenvalue weighted by Crippen LogP contribution is 2.25. The molecule has 0 amide bonds. The number of benzene rings is 1. The van der Waals surface area contributed by atoms with Gasteiger partial charge in [-0.25, -0.2) is 9.97 Å². The molecule has 27 heavy (non-hydrogen) atoms. The van der Waals surface area contributed by atoms with Crippen molar-refractivity contribution >= 4 is 17.2 Å². The van der Waals surface area contributed by atoms with E-state index in [0.717, 1.165) is 41.3 Å². The van der Waals surface area contributed by atoms with Crippen molar-refractivity contribution in [3.8, 4) is 11.3 Å². The first-order valence-corrected chi connectivity index (χ1v) is 9.41. The molecule has 6 heteroatoms. The van der Waals surface area contributed by atoms with E-state index in [1.165, 1.54) is 5.56 Å². The molecule has 140 valence electrons. The molecule has 0 spiro atoms. The number of fused-ring (bicyclic) bond motifs is 1. The molecule has 0 saturated carbocycles. The van der Waals surface area contributed by atoms with Crippen molar-refractivity contribution in [2.24, 2.45) is 7.05 Å². The van der Waals surface area contributed by atoms with Crippen LogP contribution in [0.5, 0.6) is 0 Å². The largest absolute Gasteiger partial charge is 0.337 e. The van der Waals surface area contributed by atoms with Crippen LogP contribution in [0, 0.1) is 0 Å². The minimum atomic E-state index is 0.742. The van der Waals surface area contributed by atoms with Gasteiger partial charge in [0.15, 0.2) is 11.5 Å².